The Bertz CT molecular complexity index is 8.00. The zero-order chi connectivity index (χ0) is 0. The van der Waals surface area contributed by atoms with Crippen molar-refractivity contribution in [2.24, 2.45) is 0 Å². The minimum atomic E-state index is 0. The van der Waals surface area contributed by atoms with Gasteiger partial charge in [-0.3, -0.25) is 0 Å². The summed E-state index contributed by atoms with van der Waals surface area (Å²) in [6.07, 6.45) is 0. The third-order valence-electron chi connectivity index (χ3n) is 0. The molecule has 0 aromatic carbocycles. The first-order chi connectivity index (χ1) is 0. The van der Waals surface area contributed by atoms with E-state index in [0.29, 0.717) is 0 Å². The fourth-order valence-electron chi connectivity index (χ4n) is 0. The van der Waals surface area contributed by atoms with Crippen LogP contribution < -0.4 is 0 Å². The molecule has 0 unspecified atom stereocenters. The topological polar surface area (TPSA) is 0 Å². The van der Waals surface area contributed by atoms with E-state index in [4.69, 9.17) is 0 Å². The van der Waals surface area contributed by atoms with Crippen LogP contribution in [0.5, 0.6) is 0 Å². The fraction of sp³-hybridized carbons (Fsp3) is 0. The average molecular weight is 375 g/mol. The van der Waals surface area contributed by atoms with Crippen LogP contribution in [0.25, 0.3) is 0 Å². The molecule has 0 aromatic heterocycles. The molecule has 0 nitrogen and oxygen atoms in total. The van der Waals surface area contributed by atoms with Crippen LogP contribution in [0.3, 0.4) is 0 Å². The summed E-state index contributed by atoms with van der Waals surface area (Å²) in [5, 5.41) is 0. The minimum Gasteiger partial charge on any atom is 0 e. The summed E-state index contributed by atoms with van der Waals surface area (Å²) in [6.45, 7) is 0. The SMILES string of the molecule is [BiH3].[LiH].[SrH2].[Zn]. The molecule has 0 rings (SSSR count). The van der Waals surface area contributed by atoms with Crippen LogP contribution in [-0.2, 0) is 19.5 Å². The van der Waals surface area contributed by atoms with Crippen molar-refractivity contribution >= 4 is 90.5 Å². The Labute approximate surface area is 107 Å². The van der Waals surface area contributed by atoms with Gasteiger partial charge in [0.15, 0.2) is 0 Å². The molecule has 4 heavy (non-hydrogen) atoms. The van der Waals surface area contributed by atoms with E-state index in [0.717, 1.165) is 0 Å². The van der Waals surface area contributed by atoms with Crippen molar-refractivity contribution in [1.82, 2.24) is 0 Å². The molecule has 0 aromatic rings. The maximum Gasteiger partial charge on any atom is 0 e. The molecular weight excluding hydrogens is 369 g/mol. The zero-order valence-corrected chi connectivity index (χ0v) is 9.88. The molecule has 0 heterocycles. The zero-order valence-electron chi connectivity index (χ0n) is 1.41. The largest absolute Gasteiger partial charge is 0 e. The van der Waals surface area contributed by atoms with Gasteiger partial charge in [-0.25, -0.2) is 0 Å². The van der Waals surface area contributed by atoms with Gasteiger partial charge in [0.1, 0.15) is 0 Å². The Kier molecular flexibility index (Phi) is 102. The minimum absolute atomic E-state index is 0. The van der Waals surface area contributed by atoms with Crippen molar-refractivity contribution in [2.75, 3.05) is 0 Å². The van der Waals surface area contributed by atoms with E-state index >= 15 is 0 Å². The van der Waals surface area contributed by atoms with Crippen LogP contribution in [0.15, 0.2) is 0 Å². The molecule has 0 fully saturated rings. The van der Waals surface area contributed by atoms with Gasteiger partial charge < -0.3 is 0 Å². The van der Waals surface area contributed by atoms with Crippen LogP contribution in [0.1, 0.15) is 0 Å². The molecule has 0 saturated heterocycles. The van der Waals surface area contributed by atoms with Crippen LogP contribution in [0.2, 0.25) is 0 Å². The van der Waals surface area contributed by atoms with E-state index < -0.39 is 0 Å². The van der Waals surface area contributed by atoms with E-state index in [9.17, 15) is 0 Å². The van der Waals surface area contributed by atoms with E-state index in [1.165, 1.54) is 0 Å². The van der Waals surface area contributed by atoms with E-state index in [-0.39, 0.29) is 110 Å². The predicted molar refractivity (Wildman–Crippen MR) is 25.6 cm³/mol. The molecule has 0 saturated carbocycles. The molecule has 4 heteroatoms. The standard InChI is InChI=1S/Bi.Li.Sr.Zn.6H. The summed E-state index contributed by atoms with van der Waals surface area (Å²) in [7, 11) is 0. The molecule has 16 valence electrons. The third kappa shape index (κ3) is 9.14. The molecule has 0 bridgehead atoms. The Morgan fingerprint density at radius 3 is 1.00 bits per heavy atom. The van der Waals surface area contributed by atoms with Crippen molar-refractivity contribution in [3.63, 3.8) is 0 Å². The Balaban J connectivity index is 0. The molecule has 0 spiro atoms. The normalized spacial score (nSPS) is 0. The van der Waals surface area contributed by atoms with Crippen molar-refractivity contribution in [2.45, 2.75) is 0 Å². The average Bonchev–Trinajstić information content (AvgIpc) is 0. The second-order valence-electron chi connectivity index (χ2n) is 0. The van der Waals surface area contributed by atoms with Gasteiger partial charge in [0, 0.05) is 19.5 Å². The maximum absolute atomic E-state index is 0. The molecule has 0 aliphatic carbocycles. The Hall–Kier alpha value is 3.58. The Morgan fingerprint density at radius 2 is 1.00 bits per heavy atom. The first-order valence-electron chi connectivity index (χ1n) is 0. The summed E-state index contributed by atoms with van der Waals surface area (Å²) < 4.78 is 0. The van der Waals surface area contributed by atoms with Gasteiger partial charge in [-0.2, -0.15) is 0 Å². The first-order valence-corrected chi connectivity index (χ1v) is 0. The molecule has 0 N–H and O–H groups in total. The number of hydrogen-bond acceptors (Lipinski definition) is 0. The first kappa shape index (κ1) is 25.6. The summed E-state index contributed by atoms with van der Waals surface area (Å²) in [6, 6.07) is 0. The molecule has 0 radical (unpaired) electrons. The molecule has 0 aliphatic heterocycles. The summed E-state index contributed by atoms with van der Waals surface area (Å²) in [5.41, 5.74) is 0. The fourth-order valence-corrected chi connectivity index (χ4v) is 0. The van der Waals surface area contributed by atoms with Crippen molar-refractivity contribution in [3.8, 4) is 0 Å². The molecular formula is H6BiLiSrZn. The van der Waals surface area contributed by atoms with Gasteiger partial charge in [0.05, 0.1) is 0 Å². The van der Waals surface area contributed by atoms with Crippen molar-refractivity contribution in [1.29, 1.82) is 0 Å². The van der Waals surface area contributed by atoms with Crippen LogP contribution in [0, 0.1) is 0 Å². The monoisotopic (exact) mass is 374 g/mol. The predicted octanol–water partition coefficient (Wildman–Crippen LogP) is -2.75. The second kappa shape index (κ2) is 16.0. The smallest absolute Gasteiger partial charge is 0 e. The number of rotatable bonds is 0. The van der Waals surface area contributed by atoms with E-state index in [1.807, 2.05) is 0 Å². The summed E-state index contributed by atoms with van der Waals surface area (Å²) in [5.74, 6) is 0. The second-order valence-corrected chi connectivity index (χ2v) is 0. The molecule has 0 atom stereocenters. The third-order valence-corrected chi connectivity index (χ3v) is 0. The summed E-state index contributed by atoms with van der Waals surface area (Å²) >= 11 is 0. The van der Waals surface area contributed by atoms with Crippen molar-refractivity contribution < 1.29 is 19.5 Å². The quantitative estimate of drug-likeness (QED) is 0.403. The van der Waals surface area contributed by atoms with Gasteiger partial charge in [-0.05, 0) is 0 Å². The van der Waals surface area contributed by atoms with Crippen LogP contribution in [0.4, 0.5) is 0 Å². The Morgan fingerprint density at radius 1 is 1.00 bits per heavy atom. The van der Waals surface area contributed by atoms with Crippen molar-refractivity contribution in [3.05, 3.63) is 0 Å². The van der Waals surface area contributed by atoms with Gasteiger partial charge in [0.25, 0.3) is 0 Å². The van der Waals surface area contributed by atoms with Crippen LogP contribution in [-0.4, -0.2) is 90.5 Å². The van der Waals surface area contributed by atoms with E-state index in [1.54, 1.807) is 0 Å². The van der Waals surface area contributed by atoms with Gasteiger partial charge in [-0.15, -0.1) is 0 Å². The summed E-state index contributed by atoms with van der Waals surface area (Å²) in [4.78, 5) is 0. The van der Waals surface area contributed by atoms with Gasteiger partial charge in [-0.1, -0.05) is 0 Å². The van der Waals surface area contributed by atoms with Crippen LogP contribution >= 0.6 is 0 Å². The van der Waals surface area contributed by atoms with Gasteiger partial charge in [0.2, 0.25) is 0 Å². The van der Waals surface area contributed by atoms with Gasteiger partial charge >= 0.3 is 90.5 Å². The molecule has 0 aliphatic rings. The maximum atomic E-state index is 0. The van der Waals surface area contributed by atoms with E-state index in [2.05, 4.69) is 0 Å². The number of hydrogen-bond donors (Lipinski definition) is 0. The molecule has 0 amide bonds.